The van der Waals surface area contributed by atoms with Crippen LogP contribution in [0.1, 0.15) is 11.4 Å². The first kappa shape index (κ1) is 17.5. The van der Waals surface area contributed by atoms with Crippen molar-refractivity contribution in [1.82, 2.24) is 14.5 Å². The number of fused-ring (bicyclic) bond motifs is 1. The average Bonchev–Trinajstić information content (AvgIpc) is 2.88. The molecule has 0 spiro atoms. The van der Waals surface area contributed by atoms with E-state index in [4.69, 9.17) is 11.6 Å². The van der Waals surface area contributed by atoms with E-state index in [1.165, 1.54) is 0 Å². The lowest BCUT2D eigenvalue weighted by atomic mass is 10.2. The van der Waals surface area contributed by atoms with Gasteiger partial charge in [-0.25, -0.2) is 4.98 Å². The highest BCUT2D eigenvalue weighted by Gasteiger charge is 2.14. The molecule has 3 rings (SSSR count). The van der Waals surface area contributed by atoms with Gasteiger partial charge in [0.1, 0.15) is 12.4 Å². The Hall–Kier alpha value is -2.37. The Kier molecular flexibility index (Phi) is 5.06. The van der Waals surface area contributed by atoms with Gasteiger partial charge in [0.15, 0.2) is 0 Å². The Balaban J connectivity index is 1.88. The molecule has 6 heteroatoms. The predicted molar refractivity (Wildman–Crippen MR) is 102 cm³/mol. The number of nitrogens with one attached hydrogen (secondary N) is 1. The number of amides is 1. The van der Waals surface area contributed by atoms with E-state index >= 15 is 0 Å². The number of para-hydroxylation sites is 2. The summed E-state index contributed by atoms with van der Waals surface area (Å²) >= 11 is 6.03. The van der Waals surface area contributed by atoms with Gasteiger partial charge in [0.05, 0.1) is 17.6 Å². The molecule has 1 aromatic heterocycles. The van der Waals surface area contributed by atoms with Crippen molar-refractivity contribution in [2.24, 2.45) is 0 Å². The summed E-state index contributed by atoms with van der Waals surface area (Å²) < 4.78 is 1.96. The maximum absolute atomic E-state index is 12.6. The number of nitrogens with zero attached hydrogens (tertiary/aromatic N) is 3. The van der Waals surface area contributed by atoms with Crippen LogP contribution in [-0.2, 0) is 17.9 Å². The summed E-state index contributed by atoms with van der Waals surface area (Å²) in [5.74, 6) is 0.762. The van der Waals surface area contributed by atoms with E-state index in [-0.39, 0.29) is 12.5 Å². The van der Waals surface area contributed by atoms with E-state index < -0.39 is 0 Å². The van der Waals surface area contributed by atoms with E-state index in [1.807, 2.05) is 66.9 Å². The zero-order chi connectivity index (χ0) is 18.0. The Labute approximate surface area is 152 Å². The molecule has 0 aliphatic rings. The number of benzene rings is 2. The zero-order valence-corrected chi connectivity index (χ0v) is 15.3. The third-order valence-corrected chi connectivity index (χ3v) is 4.20. The molecule has 130 valence electrons. The van der Waals surface area contributed by atoms with Crippen LogP contribution in [0.5, 0.6) is 0 Å². The van der Waals surface area contributed by atoms with Gasteiger partial charge >= 0.3 is 0 Å². The van der Waals surface area contributed by atoms with Gasteiger partial charge in [-0.1, -0.05) is 29.8 Å². The van der Waals surface area contributed by atoms with Crippen LogP contribution in [0.15, 0.2) is 42.5 Å². The summed E-state index contributed by atoms with van der Waals surface area (Å²) in [5, 5.41) is 3.55. The number of halogens is 1. The highest BCUT2D eigenvalue weighted by atomic mass is 35.5. The number of rotatable bonds is 5. The van der Waals surface area contributed by atoms with Crippen molar-refractivity contribution < 1.29 is 4.79 Å². The largest absolute Gasteiger partial charge is 0.324 e. The molecule has 0 fully saturated rings. The highest BCUT2D eigenvalue weighted by molar-refractivity contribution is 6.31. The Bertz CT molecular complexity index is 917. The minimum atomic E-state index is -0.103. The quantitative estimate of drug-likeness (QED) is 0.758. The molecule has 1 amide bonds. The van der Waals surface area contributed by atoms with Crippen LogP contribution >= 0.6 is 11.6 Å². The smallest absolute Gasteiger partial charge is 0.244 e. The van der Waals surface area contributed by atoms with Gasteiger partial charge in [-0.05, 0) is 50.8 Å². The normalized spacial score (nSPS) is 11.2. The van der Waals surface area contributed by atoms with Crippen molar-refractivity contribution in [2.75, 3.05) is 19.4 Å². The van der Waals surface area contributed by atoms with Crippen LogP contribution in [-0.4, -0.2) is 34.5 Å². The van der Waals surface area contributed by atoms with Gasteiger partial charge in [0.2, 0.25) is 5.91 Å². The van der Waals surface area contributed by atoms with Crippen LogP contribution in [0.3, 0.4) is 0 Å². The topological polar surface area (TPSA) is 50.2 Å². The molecule has 5 nitrogen and oxygen atoms in total. The molecule has 0 radical (unpaired) electrons. The Morgan fingerprint density at radius 1 is 1.24 bits per heavy atom. The van der Waals surface area contributed by atoms with E-state index in [2.05, 4.69) is 10.3 Å². The molecule has 0 aliphatic heterocycles. The van der Waals surface area contributed by atoms with Crippen molar-refractivity contribution in [3.63, 3.8) is 0 Å². The first-order chi connectivity index (χ1) is 11.9. The van der Waals surface area contributed by atoms with Crippen molar-refractivity contribution in [1.29, 1.82) is 0 Å². The molecule has 0 saturated carbocycles. The molecule has 1 N–H and O–H groups in total. The highest BCUT2D eigenvalue weighted by Crippen LogP contribution is 2.21. The monoisotopic (exact) mass is 356 g/mol. The molecule has 1 heterocycles. The molecular weight excluding hydrogens is 336 g/mol. The van der Waals surface area contributed by atoms with Gasteiger partial charge in [-0.3, -0.25) is 4.79 Å². The number of carbonyl (C=O) groups excluding carboxylic acids is 1. The van der Waals surface area contributed by atoms with E-state index in [0.717, 1.165) is 28.1 Å². The molecule has 25 heavy (non-hydrogen) atoms. The number of imidazole rings is 1. The van der Waals surface area contributed by atoms with Crippen molar-refractivity contribution >= 4 is 34.2 Å². The Morgan fingerprint density at radius 2 is 2.00 bits per heavy atom. The lowest BCUT2D eigenvalue weighted by Crippen LogP contribution is -2.22. The fourth-order valence-corrected chi connectivity index (χ4v) is 2.94. The van der Waals surface area contributed by atoms with E-state index in [0.29, 0.717) is 11.6 Å². The van der Waals surface area contributed by atoms with E-state index in [1.54, 1.807) is 6.07 Å². The summed E-state index contributed by atoms with van der Waals surface area (Å²) in [6.45, 7) is 2.81. The standard InChI is InChI=1S/C19H21ClN4O/c1-13-8-9-14(20)10-16(13)22-19(25)12-24-17-7-5-4-6-15(17)21-18(24)11-23(2)3/h4-10H,11-12H2,1-3H3,(H,22,25). The van der Waals surface area contributed by atoms with Gasteiger partial charge < -0.3 is 14.8 Å². The summed E-state index contributed by atoms with van der Waals surface area (Å²) in [6, 6.07) is 13.3. The van der Waals surface area contributed by atoms with Crippen molar-refractivity contribution in [3.8, 4) is 0 Å². The molecule has 0 unspecified atom stereocenters. The number of hydrogen-bond donors (Lipinski definition) is 1. The number of aromatic nitrogens is 2. The Morgan fingerprint density at radius 3 is 2.76 bits per heavy atom. The van der Waals surface area contributed by atoms with Crippen molar-refractivity contribution in [3.05, 3.63) is 58.9 Å². The summed E-state index contributed by atoms with van der Waals surface area (Å²) in [7, 11) is 3.97. The maximum Gasteiger partial charge on any atom is 0.244 e. The third kappa shape index (κ3) is 4.00. The molecule has 0 bridgehead atoms. The molecule has 3 aromatic rings. The first-order valence-electron chi connectivity index (χ1n) is 8.09. The maximum atomic E-state index is 12.6. The number of carbonyl (C=O) groups is 1. The van der Waals surface area contributed by atoms with Crippen LogP contribution in [0.4, 0.5) is 5.69 Å². The van der Waals surface area contributed by atoms with Crippen LogP contribution in [0.2, 0.25) is 5.02 Å². The second-order valence-corrected chi connectivity index (χ2v) is 6.78. The molecule has 0 aliphatic carbocycles. The predicted octanol–water partition coefficient (Wildman–Crippen LogP) is 3.70. The minimum absolute atomic E-state index is 0.103. The lowest BCUT2D eigenvalue weighted by molar-refractivity contribution is -0.116. The number of hydrogen-bond acceptors (Lipinski definition) is 3. The minimum Gasteiger partial charge on any atom is -0.324 e. The lowest BCUT2D eigenvalue weighted by Gasteiger charge is -2.14. The summed E-state index contributed by atoms with van der Waals surface area (Å²) in [4.78, 5) is 19.3. The van der Waals surface area contributed by atoms with Gasteiger partial charge in [0, 0.05) is 10.7 Å². The summed E-state index contributed by atoms with van der Waals surface area (Å²) in [6.07, 6.45) is 0. The zero-order valence-electron chi connectivity index (χ0n) is 14.6. The fraction of sp³-hybridized carbons (Fsp3) is 0.263. The first-order valence-corrected chi connectivity index (χ1v) is 8.46. The van der Waals surface area contributed by atoms with Crippen LogP contribution in [0.25, 0.3) is 11.0 Å². The van der Waals surface area contributed by atoms with Crippen molar-refractivity contribution in [2.45, 2.75) is 20.0 Å². The third-order valence-electron chi connectivity index (χ3n) is 3.97. The fourth-order valence-electron chi connectivity index (χ4n) is 2.77. The molecule has 0 saturated heterocycles. The molecular formula is C19H21ClN4O. The van der Waals surface area contributed by atoms with Gasteiger partial charge in [-0.15, -0.1) is 0 Å². The van der Waals surface area contributed by atoms with Gasteiger partial charge in [0.25, 0.3) is 0 Å². The molecule has 0 atom stereocenters. The van der Waals surface area contributed by atoms with E-state index in [9.17, 15) is 4.79 Å². The van der Waals surface area contributed by atoms with Crippen LogP contribution in [0, 0.1) is 6.92 Å². The summed E-state index contributed by atoms with van der Waals surface area (Å²) in [5.41, 5.74) is 3.56. The van der Waals surface area contributed by atoms with Crippen LogP contribution < -0.4 is 5.32 Å². The second-order valence-electron chi connectivity index (χ2n) is 6.35. The molecule has 2 aromatic carbocycles. The SMILES string of the molecule is Cc1ccc(Cl)cc1NC(=O)Cn1c(CN(C)C)nc2ccccc21. The number of aryl methyl sites for hydroxylation is 1. The van der Waals surface area contributed by atoms with Gasteiger partial charge in [-0.2, -0.15) is 0 Å². The second kappa shape index (κ2) is 7.25. The number of anilines is 1. The average molecular weight is 357 g/mol.